The fourth-order valence-corrected chi connectivity index (χ4v) is 1.23. The molecule has 0 bridgehead atoms. The number of carbonyl (C=O) groups is 1. The number of hydrogen-bond donors (Lipinski definition) is 1. The van der Waals surface area contributed by atoms with Gasteiger partial charge in [0.2, 0.25) is 0 Å². The molecular formula is C8H17NO3S. The first-order valence-electron chi connectivity index (χ1n) is 4.03. The fourth-order valence-electron chi connectivity index (χ4n) is 0.671. The van der Waals surface area contributed by atoms with Crippen molar-refractivity contribution in [3.05, 3.63) is 0 Å². The SMILES string of the molecule is CC(C)(C)OC(=O)CCS(C)(=N)=O. The van der Waals surface area contributed by atoms with Crippen LogP contribution in [0.15, 0.2) is 0 Å². The molecule has 78 valence electrons. The average Bonchev–Trinajstić information content (AvgIpc) is 1.78. The largest absolute Gasteiger partial charge is 0.460 e. The van der Waals surface area contributed by atoms with Crippen molar-refractivity contribution in [2.45, 2.75) is 32.8 Å². The van der Waals surface area contributed by atoms with E-state index in [1.165, 1.54) is 6.26 Å². The second kappa shape index (κ2) is 4.09. The molecule has 0 rings (SSSR count). The van der Waals surface area contributed by atoms with Gasteiger partial charge in [0.25, 0.3) is 0 Å². The summed E-state index contributed by atoms with van der Waals surface area (Å²) in [4.78, 5) is 11.1. The lowest BCUT2D eigenvalue weighted by atomic mass is 10.2. The lowest BCUT2D eigenvalue weighted by molar-refractivity contribution is -0.154. The van der Waals surface area contributed by atoms with Gasteiger partial charge >= 0.3 is 5.97 Å². The number of esters is 1. The van der Waals surface area contributed by atoms with E-state index in [1.54, 1.807) is 20.8 Å². The van der Waals surface area contributed by atoms with Gasteiger partial charge in [-0.1, -0.05) is 0 Å². The molecule has 0 aliphatic carbocycles. The van der Waals surface area contributed by atoms with Gasteiger partial charge < -0.3 is 4.74 Å². The standard InChI is InChI=1S/C8H17NO3S/c1-8(2,3)12-7(10)5-6-13(4,9)11/h9H,5-6H2,1-4H3. The summed E-state index contributed by atoms with van der Waals surface area (Å²) in [6, 6.07) is 0. The van der Waals surface area contributed by atoms with E-state index >= 15 is 0 Å². The number of ether oxygens (including phenoxy) is 1. The second-order valence-corrected chi connectivity index (χ2v) is 6.46. The van der Waals surface area contributed by atoms with Crippen molar-refractivity contribution < 1.29 is 13.7 Å². The molecule has 1 unspecified atom stereocenters. The van der Waals surface area contributed by atoms with Crippen LogP contribution in [-0.2, 0) is 19.3 Å². The summed E-state index contributed by atoms with van der Waals surface area (Å²) in [6.07, 6.45) is 1.37. The van der Waals surface area contributed by atoms with Crippen LogP contribution in [0.25, 0.3) is 0 Å². The Morgan fingerprint density at radius 1 is 1.46 bits per heavy atom. The minimum atomic E-state index is -2.58. The Kier molecular flexibility index (Phi) is 3.90. The Bertz CT molecular complexity index is 274. The topological polar surface area (TPSA) is 67.2 Å². The van der Waals surface area contributed by atoms with Gasteiger partial charge in [0.1, 0.15) is 5.60 Å². The van der Waals surface area contributed by atoms with E-state index in [0.29, 0.717) is 0 Å². The van der Waals surface area contributed by atoms with Crippen LogP contribution >= 0.6 is 0 Å². The van der Waals surface area contributed by atoms with E-state index in [4.69, 9.17) is 9.52 Å². The molecule has 5 heteroatoms. The third-order valence-corrected chi connectivity index (χ3v) is 2.10. The van der Waals surface area contributed by atoms with E-state index in [0.717, 1.165) is 0 Å². The quantitative estimate of drug-likeness (QED) is 0.711. The molecule has 0 saturated heterocycles. The number of rotatable bonds is 3. The smallest absolute Gasteiger partial charge is 0.307 e. The van der Waals surface area contributed by atoms with Crippen molar-refractivity contribution >= 4 is 15.7 Å². The van der Waals surface area contributed by atoms with Gasteiger partial charge in [0.15, 0.2) is 0 Å². The zero-order valence-corrected chi connectivity index (χ0v) is 9.36. The maximum atomic E-state index is 11.1. The fraction of sp³-hybridized carbons (Fsp3) is 0.875. The molecule has 0 spiro atoms. The van der Waals surface area contributed by atoms with Crippen molar-refractivity contribution in [2.24, 2.45) is 0 Å². The van der Waals surface area contributed by atoms with Crippen LogP contribution in [0.1, 0.15) is 27.2 Å². The van der Waals surface area contributed by atoms with Crippen LogP contribution in [0.4, 0.5) is 0 Å². The van der Waals surface area contributed by atoms with E-state index < -0.39 is 21.3 Å². The molecule has 4 nitrogen and oxygen atoms in total. The Morgan fingerprint density at radius 2 is 1.92 bits per heavy atom. The van der Waals surface area contributed by atoms with Crippen molar-refractivity contribution in [3.8, 4) is 0 Å². The third-order valence-electron chi connectivity index (χ3n) is 1.12. The van der Waals surface area contributed by atoms with Gasteiger partial charge in [-0.2, -0.15) is 0 Å². The lowest BCUT2D eigenvalue weighted by Crippen LogP contribution is -2.25. The zero-order chi connectivity index (χ0) is 10.7. The van der Waals surface area contributed by atoms with Crippen molar-refractivity contribution in [1.29, 1.82) is 4.78 Å². The Balaban J connectivity index is 3.92. The summed E-state index contributed by atoms with van der Waals surface area (Å²) in [5.41, 5.74) is -0.506. The predicted molar refractivity (Wildman–Crippen MR) is 52.1 cm³/mol. The van der Waals surface area contributed by atoms with Crippen molar-refractivity contribution in [2.75, 3.05) is 12.0 Å². The van der Waals surface area contributed by atoms with Crippen LogP contribution in [0.3, 0.4) is 0 Å². The van der Waals surface area contributed by atoms with Gasteiger partial charge in [-0.3, -0.25) is 13.8 Å². The third kappa shape index (κ3) is 9.33. The number of hydrogen-bond acceptors (Lipinski definition) is 4. The maximum absolute atomic E-state index is 11.1. The molecule has 0 aliphatic rings. The first-order chi connectivity index (χ1) is 5.60. The molecule has 13 heavy (non-hydrogen) atoms. The average molecular weight is 207 g/mol. The summed E-state index contributed by atoms with van der Waals surface area (Å²) in [5, 5.41) is 0. The summed E-state index contributed by atoms with van der Waals surface area (Å²) < 4.78 is 23.0. The monoisotopic (exact) mass is 207 g/mol. The minimum Gasteiger partial charge on any atom is -0.460 e. The van der Waals surface area contributed by atoms with Gasteiger partial charge in [-0.25, -0.2) is 0 Å². The van der Waals surface area contributed by atoms with Crippen molar-refractivity contribution in [3.63, 3.8) is 0 Å². The molecule has 0 aromatic carbocycles. The van der Waals surface area contributed by atoms with Gasteiger partial charge in [0.05, 0.1) is 6.42 Å². The van der Waals surface area contributed by atoms with Gasteiger partial charge in [-0.15, -0.1) is 0 Å². The van der Waals surface area contributed by atoms with Crippen LogP contribution in [0.2, 0.25) is 0 Å². The highest BCUT2D eigenvalue weighted by atomic mass is 32.2. The predicted octanol–water partition coefficient (Wildman–Crippen LogP) is 1.39. The molecule has 0 aromatic rings. The van der Waals surface area contributed by atoms with E-state index in [9.17, 15) is 9.00 Å². The summed E-state index contributed by atoms with van der Waals surface area (Å²) in [7, 11) is -2.58. The molecule has 0 aliphatic heterocycles. The molecule has 0 heterocycles. The molecule has 0 radical (unpaired) electrons. The Hall–Kier alpha value is -0.580. The summed E-state index contributed by atoms with van der Waals surface area (Å²) >= 11 is 0. The van der Waals surface area contributed by atoms with Gasteiger partial charge in [0, 0.05) is 21.7 Å². The van der Waals surface area contributed by atoms with Crippen LogP contribution in [0.5, 0.6) is 0 Å². The van der Waals surface area contributed by atoms with Crippen molar-refractivity contribution in [1.82, 2.24) is 0 Å². The number of carbonyl (C=O) groups excluding carboxylic acids is 1. The van der Waals surface area contributed by atoms with Crippen LogP contribution in [-0.4, -0.2) is 27.8 Å². The lowest BCUT2D eigenvalue weighted by Gasteiger charge is -2.19. The summed E-state index contributed by atoms with van der Waals surface area (Å²) in [6.45, 7) is 5.32. The molecule has 0 saturated carbocycles. The maximum Gasteiger partial charge on any atom is 0.307 e. The van der Waals surface area contributed by atoms with Gasteiger partial charge in [-0.05, 0) is 20.8 Å². The van der Waals surface area contributed by atoms with E-state index in [1.807, 2.05) is 0 Å². The molecule has 1 atom stereocenters. The number of nitrogens with one attached hydrogen (secondary N) is 1. The normalized spacial score (nSPS) is 16.3. The molecule has 0 amide bonds. The van der Waals surface area contributed by atoms with Crippen LogP contribution < -0.4 is 0 Å². The highest BCUT2D eigenvalue weighted by Crippen LogP contribution is 2.08. The Morgan fingerprint density at radius 3 is 2.23 bits per heavy atom. The first kappa shape index (κ1) is 12.4. The zero-order valence-electron chi connectivity index (χ0n) is 8.55. The van der Waals surface area contributed by atoms with E-state index in [2.05, 4.69) is 0 Å². The molecule has 0 aromatic heterocycles. The molecular weight excluding hydrogens is 190 g/mol. The van der Waals surface area contributed by atoms with Crippen LogP contribution in [0, 0.1) is 4.78 Å². The van der Waals surface area contributed by atoms with E-state index in [-0.39, 0.29) is 12.2 Å². The second-order valence-electron chi connectivity index (χ2n) is 4.05. The highest BCUT2D eigenvalue weighted by molar-refractivity contribution is 7.91. The first-order valence-corrected chi connectivity index (χ1v) is 6.17. The minimum absolute atomic E-state index is 0.0517. The Labute approximate surface area is 79.6 Å². The summed E-state index contributed by atoms with van der Waals surface area (Å²) in [5.74, 6) is -0.323. The molecule has 1 N–H and O–H groups in total. The highest BCUT2D eigenvalue weighted by Gasteiger charge is 2.16. The molecule has 0 fully saturated rings.